The summed E-state index contributed by atoms with van der Waals surface area (Å²) in [5, 5.41) is 2.56. The Bertz CT molecular complexity index is 741. The lowest BCUT2D eigenvalue weighted by atomic mass is 9.96. The molecule has 1 fully saturated rings. The van der Waals surface area contributed by atoms with E-state index in [1.165, 1.54) is 10.4 Å². The van der Waals surface area contributed by atoms with E-state index in [9.17, 15) is 17.6 Å². The Morgan fingerprint density at radius 1 is 1.40 bits per heavy atom. The molecule has 1 aromatic rings. The zero-order valence-corrected chi connectivity index (χ0v) is 15.8. The van der Waals surface area contributed by atoms with Gasteiger partial charge in [-0.3, -0.25) is 4.79 Å². The van der Waals surface area contributed by atoms with Crippen molar-refractivity contribution in [3.8, 4) is 0 Å². The molecule has 0 bridgehead atoms. The zero-order chi connectivity index (χ0) is 18.8. The Hall–Kier alpha value is -1.22. The smallest absolute Gasteiger partial charge is 0.243 e. The van der Waals surface area contributed by atoms with Crippen LogP contribution in [0, 0.1) is 11.7 Å². The molecular weight excluding hydrogens is 369 g/mol. The van der Waals surface area contributed by atoms with E-state index in [0.29, 0.717) is 19.4 Å². The van der Waals surface area contributed by atoms with Gasteiger partial charge in [0.15, 0.2) is 0 Å². The third-order valence-corrected chi connectivity index (χ3v) is 6.26. The minimum absolute atomic E-state index is 0.0494. The molecular formula is C16H23ClFN3O3S. The summed E-state index contributed by atoms with van der Waals surface area (Å²) < 4.78 is 39.8. The third-order valence-electron chi connectivity index (χ3n) is 4.07. The van der Waals surface area contributed by atoms with Gasteiger partial charge in [0.1, 0.15) is 5.82 Å². The van der Waals surface area contributed by atoms with Gasteiger partial charge in [-0.25, -0.2) is 12.8 Å². The fourth-order valence-electron chi connectivity index (χ4n) is 2.60. The molecule has 0 radical (unpaired) electrons. The average Bonchev–Trinajstić information content (AvgIpc) is 2.54. The van der Waals surface area contributed by atoms with Crippen LogP contribution in [0.25, 0.3) is 0 Å². The van der Waals surface area contributed by atoms with Gasteiger partial charge in [-0.1, -0.05) is 11.6 Å². The van der Waals surface area contributed by atoms with E-state index in [4.69, 9.17) is 17.3 Å². The fraction of sp³-hybridized carbons (Fsp3) is 0.562. The van der Waals surface area contributed by atoms with Crippen molar-refractivity contribution in [3.05, 3.63) is 29.0 Å². The van der Waals surface area contributed by atoms with E-state index in [-0.39, 0.29) is 34.8 Å². The van der Waals surface area contributed by atoms with E-state index in [0.717, 1.165) is 12.1 Å². The monoisotopic (exact) mass is 391 g/mol. The van der Waals surface area contributed by atoms with Gasteiger partial charge >= 0.3 is 0 Å². The normalized spacial score (nSPS) is 17.5. The number of carbonyl (C=O) groups is 1. The third kappa shape index (κ3) is 5.13. The van der Waals surface area contributed by atoms with E-state index in [1.807, 2.05) is 13.8 Å². The van der Waals surface area contributed by atoms with Crippen LogP contribution in [-0.4, -0.2) is 43.8 Å². The van der Waals surface area contributed by atoms with Gasteiger partial charge in [0.25, 0.3) is 0 Å². The van der Waals surface area contributed by atoms with Gasteiger partial charge in [0.2, 0.25) is 15.9 Å². The van der Waals surface area contributed by atoms with Gasteiger partial charge in [-0.15, -0.1) is 0 Å². The SMILES string of the molecule is CC(C)(N)CNC(=O)C1CCN(S(=O)(=O)c2ccc(F)c(Cl)c2)CC1. The molecule has 1 amide bonds. The number of hydrogen-bond acceptors (Lipinski definition) is 4. The van der Waals surface area contributed by atoms with Gasteiger partial charge in [0.05, 0.1) is 9.92 Å². The van der Waals surface area contributed by atoms with Crippen LogP contribution < -0.4 is 11.1 Å². The molecule has 2 rings (SSSR count). The molecule has 0 atom stereocenters. The van der Waals surface area contributed by atoms with Crippen molar-refractivity contribution in [1.82, 2.24) is 9.62 Å². The van der Waals surface area contributed by atoms with Crippen molar-refractivity contribution in [2.24, 2.45) is 11.7 Å². The average molecular weight is 392 g/mol. The first-order chi connectivity index (χ1) is 11.5. The highest BCUT2D eigenvalue weighted by atomic mass is 35.5. The van der Waals surface area contributed by atoms with Crippen molar-refractivity contribution < 1.29 is 17.6 Å². The summed E-state index contributed by atoms with van der Waals surface area (Å²) in [6, 6.07) is 3.33. The largest absolute Gasteiger partial charge is 0.354 e. The van der Waals surface area contributed by atoms with Crippen LogP contribution in [-0.2, 0) is 14.8 Å². The molecule has 1 aliphatic rings. The predicted octanol–water partition coefficient (Wildman–Crippen LogP) is 1.73. The highest BCUT2D eigenvalue weighted by Crippen LogP contribution is 2.26. The molecule has 140 valence electrons. The minimum Gasteiger partial charge on any atom is -0.354 e. The Morgan fingerprint density at radius 3 is 2.52 bits per heavy atom. The molecule has 0 unspecified atom stereocenters. The Labute approximate surface area is 152 Å². The molecule has 1 saturated heterocycles. The summed E-state index contributed by atoms with van der Waals surface area (Å²) in [7, 11) is -3.76. The van der Waals surface area contributed by atoms with E-state index in [2.05, 4.69) is 5.32 Å². The number of sulfonamides is 1. The molecule has 1 aliphatic heterocycles. The van der Waals surface area contributed by atoms with Crippen LogP contribution in [0.15, 0.2) is 23.1 Å². The lowest BCUT2D eigenvalue weighted by Crippen LogP contribution is -2.48. The van der Waals surface area contributed by atoms with Crippen molar-refractivity contribution in [2.45, 2.75) is 37.1 Å². The summed E-state index contributed by atoms with van der Waals surface area (Å²) >= 11 is 5.67. The lowest BCUT2D eigenvalue weighted by Gasteiger charge is -2.31. The first-order valence-corrected chi connectivity index (χ1v) is 9.84. The number of halogens is 2. The Kier molecular flexibility index (Phi) is 6.09. The number of nitrogens with one attached hydrogen (secondary N) is 1. The standard InChI is InChI=1S/C16H23ClFN3O3S/c1-16(2,19)10-20-15(22)11-5-7-21(8-6-11)25(23,24)12-3-4-14(18)13(17)9-12/h3-4,9,11H,5-8,10,19H2,1-2H3,(H,20,22). The van der Waals surface area contributed by atoms with Crippen LogP contribution in [0.5, 0.6) is 0 Å². The quantitative estimate of drug-likeness (QED) is 0.799. The van der Waals surface area contributed by atoms with Gasteiger partial charge < -0.3 is 11.1 Å². The maximum atomic E-state index is 13.2. The number of benzene rings is 1. The maximum absolute atomic E-state index is 13.2. The second-order valence-electron chi connectivity index (χ2n) is 6.96. The maximum Gasteiger partial charge on any atom is 0.243 e. The van der Waals surface area contributed by atoms with Crippen LogP contribution in [0.2, 0.25) is 5.02 Å². The second-order valence-corrected chi connectivity index (χ2v) is 9.31. The van der Waals surface area contributed by atoms with E-state index in [1.54, 1.807) is 0 Å². The van der Waals surface area contributed by atoms with Crippen molar-refractivity contribution in [1.29, 1.82) is 0 Å². The van der Waals surface area contributed by atoms with E-state index < -0.39 is 21.4 Å². The molecule has 25 heavy (non-hydrogen) atoms. The summed E-state index contributed by atoms with van der Waals surface area (Å²) in [6.45, 7) is 4.44. The first kappa shape index (κ1) is 20.1. The second kappa shape index (κ2) is 7.57. The number of hydrogen-bond donors (Lipinski definition) is 2. The number of piperidine rings is 1. The molecule has 9 heteroatoms. The minimum atomic E-state index is -3.76. The highest BCUT2D eigenvalue weighted by molar-refractivity contribution is 7.89. The lowest BCUT2D eigenvalue weighted by molar-refractivity contribution is -0.126. The molecule has 1 heterocycles. The predicted molar refractivity (Wildman–Crippen MR) is 94.2 cm³/mol. The molecule has 0 aliphatic carbocycles. The molecule has 0 aromatic heterocycles. The van der Waals surface area contributed by atoms with Gasteiger partial charge in [-0.05, 0) is 44.9 Å². The summed E-state index contributed by atoms with van der Waals surface area (Å²) in [6.07, 6.45) is 0.843. The summed E-state index contributed by atoms with van der Waals surface area (Å²) in [5.74, 6) is -1.02. The zero-order valence-electron chi connectivity index (χ0n) is 14.3. The summed E-state index contributed by atoms with van der Waals surface area (Å²) in [4.78, 5) is 12.1. The van der Waals surface area contributed by atoms with Crippen molar-refractivity contribution in [2.75, 3.05) is 19.6 Å². The Balaban J connectivity index is 1.99. The van der Waals surface area contributed by atoms with Gasteiger partial charge in [0, 0.05) is 31.1 Å². The highest BCUT2D eigenvalue weighted by Gasteiger charge is 2.32. The number of rotatable bonds is 5. The molecule has 3 N–H and O–H groups in total. The number of nitrogens with two attached hydrogens (primary N) is 1. The first-order valence-electron chi connectivity index (χ1n) is 8.02. The van der Waals surface area contributed by atoms with E-state index >= 15 is 0 Å². The molecule has 1 aromatic carbocycles. The fourth-order valence-corrected chi connectivity index (χ4v) is 4.35. The molecule has 6 nitrogen and oxygen atoms in total. The van der Waals surface area contributed by atoms with Crippen LogP contribution in [0.4, 0.5) is 4.39 Å². The number of nitrogens with zero attached hydrogens (tertiary/aromatic N) is 1. The van der Waals surface area contributed by atoms with Crippen LogP contribution in [0.3, 0.4) is 0 Å². The van der Waals surface area contributed by atoms with Crippen LogP contribution in [0.1, 0.15) is 26.7 Å². The van der Waals surface area contributed by atoms with Gasteiger partial charge in [-0.2, -0.15) is 4.31 Å². The summed E-state index contributed by atoms with van der Waals surface area (Å²) in [5.41, 5.74) is 5.34. The molecule has 0 spiro atoms. The van der Waals surface area contributed by atoms with Crippen molar-refractivity contribution in [3.63, 3.8) is 0 Å². The Morgan fingerprint density at radius 2 is 2.00 bits per heavy atom. The van der Waals surface area contributed by atoms with Crippen LogP contribution >= 0.6 is 11.6 Å². The molecule has 0 saturated carbocycles. The topological polar surface area (TPSA) is 92.5 Å². The number of carbonyl (C=O) groups excluding carboxylic acids is 1. The van der Waals surface area contributed by atoms with Crippen molar-refractivity contribution >= 4 is 27.5 Å². The number of amides is 1.